The van der Waals surface area contributed by atoms with Crippen LogP contribution >= 0.6 is 0 Å². The van der Waals surface area contributed by atoms with Gasteiger partial charge in [-0.05, 0) is 6.42 Å². The molecule has 0 atom stereocenters. The highest BCUT2D eigenvalue weighted by molar-refractivity contribution is 5.69. The van der Waals surface area contributed by atoms with Crippen molar-refractivity contribution in [3.8, 4) is 5.75 Å². The number of hydrogen-bond acceptors (Lipinski definition) is 4. The summed E-state index contributed by atoms with van der Waals surface area (Å²) < 4.78 is 18.1. The average molecular weight is 212 g/mol. The first kappa shape index (κ1) is 10.0. The van der Waals surface area contributed by atoms with Crippen LogP contribution in [0.25, 0.3) is 0 Å². The Hall–Kier alpha value is -1.49. The maximum Gasteiger partial charge on any atom is 0.167 e. The fourth-order valence-electron chi connectivity index (χ4n) is 1.57. The lowest BCUT2D eigenvalue weighted by Crippen LogP contribution is -2.17. The SMILES string of the molecule is COc1cc(N2CCCO2)c(N)cc1F. The number of benzene rings is 1. The van der Waals surface area contributed by atoms with E-state index in [2.05, 4.69) is 0 Å². The van der Waals surface area contributed by atoms with Gasteiger partial charge in [-0.15, -0.1) is 0 Å². The van der Waals surface area contributed by atoms with E-state index >= 15 is 0 Å². The van der Waals surface area contributed by atoms with E-state index in [1.54, 1.807) is 11.1 Å². The van der Waals surface area contributed by atoms with Crippen molar-refractivity contribution in [2.45, 2.75) is 6.42 Å². The Bertz CT molecular complexity index is 365. The summed E-state index contributed by atoms with van der Waals surface area (Å²) >= 11 is 0. The molecular weight excluding hydrogens is 199 g/mol. The summed E-state index contributed by atoms with van der Waals surface area (Å²) in [6.45, 7) is 1.43. The second kappa shape index (κ2) is 3.94. The van der Waals surface area contributed by atoms with Gasteiger partial charge in [0.15, 0.2) is 11.6 Å². The summed E-state index contributed by atoms with van der Waals surface area (Å²) in [4.78, 5) is 5.33. The van der Waals surface area contributed by atoms with E-state index in [0.717, 1.165) is 13.0 Å². The highest BCUT2D eigenvalue weighted by Crippen LogP contribution is 2.32. The van der Waals surface area contributed by atoms with E-state index in [9.17, 15) is 4.39 Å². The Labute approximate surface area is 87.3 Å². The molecule has 82 valence electrons. The van der Waals surface area contributed by atoms with Crippen LogP contribution in [0.3, 0.4) is 0 Å². The molecule has 2 N–H and O–H groups in total. The number of nitrogens with two attached hydrogens (primary N) is 1. The third-order valence-corrected chi connectivity index (χ3v) is 2.32. The zero-order valence-electron chi connectivity index (χ0n) is 8.50. The van der Waals surface area contributed by atoms with Crippen molar-refractivity contribution in [1.29, 1.82) is 0 Å². The molecule has 0 amide bonds. The Morgan fingerprint density at radius 3 is 2.93 bits per heavy atom. The summed E-state index contributed by atoms with van der Waals surface area (Å²) in [5.41, 5.74) is 6.72. The molecule has 0 saturated carbocycles. The van der Waals surface area contributed by atoms with Crippen LogP contribution < -0.4 is 15.5 Å². The number of hydroxylamine groups is 1. The second-order valence-electron chi connectivity index (χ2n) is 3.33. The van der Waals surface area contributed by atoms with Crippen LogP contribution in [0.1, 0.15) is 6.42 Å². The van der Waals surface area contributed by atoms with E-state index < -0.39 is 5.82 Å². The third-order valence-electron chi connectivity index (χ3n) is 2.32. The molecule has 0 spiro atoms. The van der Waals surface area contributed by atoms with Crippen molar-refractivity contribution in [3.05, 3.63) is 17.9 Å². The Morgan fingerprint density at radius 1 is 1.53 bits per heavy atom. The molecule has 1 aliphatic rings. The van der Waals surface area contributed by atoms with Gasteiger partial charge in [0.05, 0.1) is 25.1 Å². The minimum absolute atomic E-state index is 0.176. The maximum atomic E-state index is 13.3. The fraction of sp³-hybridized carbons (Fsp3) is 0.400. The topological polar surface area (TPSA) is 47.7 Å². The lowest BCUT2D eigenvalue weighted by Gasteiger charge is -2.19. The number of rotatable bonds is 2. The lowest BCUT2D eigenvalue weighted by molar-refractivity contribution is 0.168. The van der Waals surface area contributed by atoms with Gasteiger partial charge in [-0.25, -0.2) is 4.39 Å². The Balaban J connectivity index is 2.37. The van der Waals surface area contributed by atoms with Gasteiger partial charge in [0.1, 0.15) is 0 Å². The number of nitrogens with zero attached hydrogens (tertiary/aromatic N) is 1. The van der Waals surface area contributed by atoms with Crippen molar-refractivity contribution >= 4 is 11.4 Å². The van der Waals surface area contributed by atoms with Crippen LogP contribution in [0.15, 0.2) is 12.1 Å². The summed E-state index contributed by atoms with van der Waals surface area (Å²) in [6, 6.07) is 2.80. The molecule has 1 heterocycles. The first-order valence-corrected chi connectivity index (χ1v) is 4.76. The molecule has 1 saturated heterocycles. The molecule has 2 rings (SSSR count). The van der Waals surface area contributed by atoms with E-state index in [1.807, 2.05) is 0 Å². The van der Waals surface area contributed by atoms with E-state index in [0.29, 0.717) is 18.0 Å². The van der Waals surface area contributed by atoms with Gasteiger partial charge in [-0.2, -0.15) is 0 Å². The van der Waals surface area contributed by atoms with Gasteiger partial charge in [0, 0.05) is 18.7 Å². The molecule has 1 fully saturated rings. The first-order chi connectivity index (χ1) is 7.22. The minimum atomic E-state index is -0.460. The van der Waals surface area contributed by atoms with Gasteiger partial charge in [0.25, 0.3) is 0 Å². The number of hydrogen-bond donors (Lipinski definition) is 1. The average Bonchev–Trinajstić information content (AvgIpc) is 2.71. The molecule has 1 aromatic carbocycles. The zero-order valence-corrected chi connectivity index (χ0v) is 8.50. The number of anilines is 2. The van der Waals surface area contributed by atoms with Gasteiger partial charge < -0.3 is 10.5 Å². The van der Waals surface area contributed by atoms with Gasteiger partial charge >= 0.3 is 0 Å². The van der Waals surface area contributed by atoms with E-state index in [1.165, 1.54) is 13.2 Å². The molecular formula is C10H13FN2O2. The van der Waals surface area contributed by atoms with Crippen LogP contribution in [0.4, 0.5) is 15.8 Å². The number of ether oxygens (including phenoxy) is 1. The van der Waals surface area contributed by atoms with Crippen molar-refractivity contribution < 1.29 is 14.0 Å². The van der Waals surface area contributed by atoms with Crippen LogP contribution in [0, 0.1) is 5.82 Å². The quantitative estimate of drug-likeness (QED) is 0.756. The predicted octanol–water partition coefficient (Wildman–Crippen LogP) is 1.56. The van der Waals surface area contributed by atoms with Crippen molar-refractivity contribution in [2.75, 3.05) is 31.1 Å². The Kier molecular flexibility index (Phi) is 2.64. The fourth-order valence-corrected chi connectivity index (χ4v) is 1.57. The van der Waals surface area contributed by atoms with Gasteiger partial charge in [0.2, 0.25) is 0 Å². The molecule has 1 aliphatic heterocycles. The standard InChI is InChI=1S/C10H13FN2O2/c1-14-10-6-9(8(12)5-7(10)11)13-3-2-4-15-13/h5-6H,2-4,12H2,1H3. The molecule has 0 aromatic heterocycles. The summed E-state index contributed by atoms with van der Waals surface area (Å²) in [7, 11) is 1.42. The maximum absolute atomic E-state index is 13.3. The van der Waals surface area contributed by atoms with E-state index in [-0.39, 0.29) is 5.75 Å². The molecule has 0 bridgehead atoms. The molecule has 1 aromatic rings. The second-order valence-corrected chi connectivity index (χ2v) is 3.33. The van der Waals surface area contributed by atoms with Crippen LogP contribution in [0.5, 0.6) is 5.75 Å². The smallest absolute Gasteiger partial charge is 0.167 e. The lowest BCUT2D eigenvalue weighted by atomic mass is 10.2. The largest absolute Gasteiger partial charge is 0.494 e. The van der Waals surface area contributed by atoms with E-state index in [4.69, 9.17) is 15.3 Å². The van der Waals surface area contributed by atoms with Crippen LogP contribution in [-0.4, -0.2) is 20.3 Å². The summed E-state index contributed by atoms with van der Waals surface area (Å²) in [6.07, 6.45) is 0.944. The summed E-state index contributed by atoms with van der Waals surface area (Å²) in [5.74, 6) is -0.285. The number of halogens is 1. The zero-order chi connectivity index (χ0) is 10.8. The van der Waals surface area contributed by atoms with Crippen molar-refractivity contribution in [3.63, 3.8) is 0 Å². The number of nitrogen functional groups attached to an aromatic ring is 1. The first-order valence-electron chi connectivity index (χ1n) is 4.76. The van der Waals surface area contributed by atoms with Crippen LogP contribution in [-0.2, 0) is 4.84 Å². The highest BCUT2D eigenvalue weighted by Gasteiger charge is 2.18. The molecule has 0 aliphatic carbocycles. The monoisotopic (exact) mass is 212 g/mol. The summed E-state index contributed by atoms with van der Waals surface area (Å²) in [5, 5.41) is 1.66. The minimum Gasteiger partial charge on any atom is -0.494 e. The van der Waals surface area contributed by atoms with Crippen molar-refractivity contribution in [1.82, 2.24) is 0 Å². The normalized spacial score (nSPS) is 15.7. The molecule has 0 unspecified atom stereocenters. The predicted molar refractivity (Wildman–Crippen MR) is 55.3 cm³/mol. The number of methoxy groups -OCH3 is 1. The molecule has 15 heavy (non-hydrogen) atoms. The third kappa shape index (κ3) is 1.83. The molecule has 0 radical (unpaired) electrons. The highest BCUT2D eigenvalue weighted by atomic mass is 19.1. The molecule has 5 heteroatoms. The van der Waals surface area contributed by atoms with Gasteiger partial charge in [-0.3, -0.25) is 9.90 Å². The Morgan fingerprint density at radius 2 is 2.33 bits per heavy atom. The van der Waals surface area contributed by atoms with Crippen LogP contribution in [0.2, 0.25) is 0 Å². The van der Waals surface area contributed by atoms with Crippen molar-refractivity contribution in [2.24, 2.45) is 0 Å². The molecule has 4 nitrogen and oxygen atoms in total. The van der Waals surface area contributed by atoms with Gasteiger partial charge in [-0.1, -0.05) is 0 Å².